The second-order valence-corrected chi connectivity index (χ2v) is 5.34. The first-order chi connectivity index (χ1) is 11.1. The number of rotatable bonds is 6. The average Bonchev–Trinajstić information content (AvgIpc) is 2.96. The van der Waals surface area contributed by atoms with Gasteiger partial charge in [-0.3, -0.25) is 0 Å². The van der Waals surface area contributed by atoms with Crippen LogP contribution in [-0.2, 0) is 6.54 Å². The minimum Gasteiger partial charge on any atom is -0.360 e. The van der Waals surface area contributed by atoms with Crippen LogP contribution < -0.4 is 10.2 Å². The highest BCUT2D eigenvalue weighted by Crippen LogP contribution is 2.14. The number of hydrogen-bond donors (Lipinski definition) is 1. The monoisotopic (exact) mass is 315 g/mol. The number of hydrogen-bond acceptors (Lipinski definition) is 6. The van der Waals surface area contributed by atoms with Gasteiger partial charge < -0.3 is 10.2 Å². The molecule has 0 saturated heterocycles. The van der Waals surface area contributed by atoms with Crippen molar-refractivity contribution in [2.75, 3.05) is 30.9 Å². The third kappa shape index (κ3) is 3.36. The van der Waals surface area contributed by atoms with Gasteiger partial charge in [0.05, 0.1) is 11.7 Å². The summed E-state index contributed by atoms with van der Waals surface area (Å²) < 4.78 is 15.4. The van der Waals surface area contributed by atoms with E-state index in [2.05, 4.69) is 25.6 Å². The normalized spacial score (nSPS) is 10.9. The largest absolute Gasteiger partial charge is 0.360 e. The van der Waals surface area contributed by atoms with Gasteiger partial charge in [0.2, 0.25) is 5.95 Å². The van der Waals surface area contributed by atoms with Crippen LogP contribution in [0.25, 0.3) is 11.0 Å². The number of nitrogens with zero attached hydrogens (tertiary/aromatic N) is 6. The van der Waals surface area contributed by atoms with Crippen LogP contribution in [-0.4, -0.2) is 45.6 Å². The quantitative estimate of drug-likeness (QED) is 0.701. The average molecular weight is 315 g/mol. The second-order valence-electron chi connectivity index (χ2n) is 5.34. The summed E-state index contributed by atoms with van der Waals surface area (Å²) in [6.45, 7) is 1.39. The zero-order valence-corrected chi connectivity index (χ0v) is 13.1. The first-order valence-corrected chi connectivity index (χ1v) is 7.37. The number of para-hydroxylation sites is 1. The van der Waals surface area contributed by atoms with Gasteiger partial charge in [-0.1, -0.05) is 17.3 Å². The maximum atomic E-state index is 13.5. The van der Waals surface area contributed by atoms with Gasteiger partial charge in [-0.15, -0.1) is 5.10 Å². The van der Waals surface area contributed by atoms with E-state index < -0.39 is 5.82 Å². The van der Waals surface area contributed by atoms with Gasteiger partial charge >= 0.3 is 0 Å². The molecule has 0 saturated carbocycles. The van der Waals surface area contributed by atoms with E-state index in [4.69, 9.17) is 0 Å². The Morgan fingerprint density at radius 3 is 2.91 bits per heavy atom. The number of nitrogens with one attached hydrogen (secondary N) is 1. The highest BCUT2D eigenvalue weighted by Gasteiger charge is 2.08. The molecular formula is C15H18FN7. The summed E-state index contributed by atoms with van der Waals surface area (Å²) in [4.78, 5) is 9.71. The number of halogens is 1. The minimum absolute atomic E-state index is 0.268. The second kappa shape index (κ2) is 6.55. The Hall–Kier alpha value is -2.77. The van der Waals surface area contributed by atoms with Gasteiger partial charge in [0, 0.05) is 27.2 Å². The molecule has 0 fully saturated rings. The fraction of sp³-hybridized carbons (Fsp3) is 0.333. The maximum Gasteiger partial charge on any atom is 0.224 e. The van der Waals surface area contributed by atoms with Crippen LogP contribution in [0.4, 0.5) is 16.2 Å². The zero-order chi connectivity index (χ0) is 16.2. The van der Waals surface area contributed by atoms with Crippen molar-refractivity contribution in [2.45, 2.75) is 13.0 Å². The van der Waals surface area contributed by atoms with E-state index in [1.54, 1.807) is 19.0 Å². The summed E-state index contributed by atoms with van der Waals surface area (Å²) in [6.07, 6.45) is 2.00. The molecule has 0 unspecified atom stereocenters. The van der Waals surface area contributed by atoms with E-state index in [0.717, 1.165) is 24.0 Å². The van der Waals surface area contributed by atoms with Crippen LogP contribution in [0.5, 0.6) is 0 Å². The van der Waals surface area contributed by atoms with Gasteiger partial charge in [0.25, 0.3) is 0 Å². The predicted molar refractivity (Wildman–Crippen MR) is 87.0 cm³/mol. The number of aromatic nitrogens is 5. The van der Waals surface area contributed by atoms with Gasteiger partial charge in [0.1, 0.15) is 5.52 Å². The standard InChI is InChI=1S/C15H18FN7/c1-22(2)14-11(16)10-18-15(19-14)17-8-5-9-23-13-7-4-3-6-12(13)20-21-23/h3-4,6-7,10H,5,8-9H2,1-2H3,(H,17,18,19). The Morgan fingerprint density at radius 2 is 2.09 bits per heavy atom. The highest BCUT2D eigenvalue weighted by atomic mass is 19.1. The van der Waals surface area contributed by atoms with E-state index in [1.165, 1.54) is 6.20 Å². The third-order valence-electron chi connectivity index (χ3n) is 3.40. The van der Waals surface area contributed by atoms with Crippen molar-refractivity contribution in [3.8, 4) is 0 Å². The fourth-order valence-electron chi connectivity index (χ4n) is 2.27. The Balaban J connectivity index is 1.57. The lowest BCUT2D eigenvalue weighted by Crippen LogP contribution is -2.16. The molecule has 0 amide bonds. The van der Waals surface area contributed by atoms with Crippen molar-refractivity contribution in [2.24, 2.45) is 0 Å². The molecule has 2 aromatic heterocycles. The van der Waals surface area contributed by atoms with Crippen LogP contribution >= 0.6 is 0 Å². The number of benzene rings is 1. The minimum atomic E-state index is -0.436. The maximum absolute atomic E-state index is 13.5. The first kappa shape index (κ1) is 15.1. The molecule has 3 aromatic rings. The molecule has 8 heteroatoms. The molecule has 0 spiro atoms. The summed E-state index contributed by atoms with van der Waals surface area (Å²) in [7, 11) is 3.48. The predicted octanol–water partition coefficient (Wildman–Crippen LogP) is 1.93. The van der Waals surface area contributed by atoms with Crippen molar-refractivity contribution in [3.63, 3.8) is 0 Å². The molecule has 0 radical (unpaired) electrons. The van der Waals surface area contributed by atoms with E-state index in [9.17, 15) is 4.39 Å². The Kier molecular flexibility index (Phi) is 4.31. The lowest BCUT2D eigenvalue weighted by Gasteiger charge is -2.13. The van der Waals surface area contributed by atoms with E-state index >= 15 is 0 Å². The molecule has 0 aliphatic rings. The molecule has 120 valence electrons. The first-order valence-electron chi connectivity index (χ1n) is 7.37. The lowest BCUT2D eigenvalue weighted by atomic mass is 10.3. The summed E-state index contributed by atoms with van der Waals surface area (Å²) in [6, 6.07) is 7.84. The van der Waals surface area contributed by atoms with Crippen LogP contribution in [0.2, 0.25) is 0 Å². The topological polar surface area (TPSA) is 71.8 Å². The Labute approximate surface area is 133 Å². The molecule has 0 atom stereocenters. The summed E-state index contributed by atoms with van der Waals surface area (Å²) in [5.41, 5.74) is 1.90. The van der Waals surface area contributed by atoms with E-state index in [-0.39, 0.29) is 5.82 Å². The molecule has 0 bridgehead atoms. The smallest absolute Gasteiger partial charge is 0.224 e. The SMILES string of the molecule is CN(C)c1nc(NCCCn2nnc3ccccc32)ncc1F. The highest BCUT2D eigenvalue weighted by molar-refractivity contribution is 5.73. The van der Waals surface area contributed by atoms with Crippen LogP contribution in [0.15, 0.2) is 30.5 Å². The van der Waals surface area contributed by atoms with E-state index in [1.807, 2.05) is 28.9 Å². The fourth-order valence-corrected chi connectivity index (χ4v) is 2.27. The number of aryl methyl sites for hydroxylation is 1. The number of anilines is 2. The van der Waals surface area contributed by atoms with Gasteiger partial charge in [0.15, 0.2) is 11.6 Å². The molecule has 1 N–H and O–H groups in total. The summed E-state index contributed by atoms with van der Waals surface area (Å²) in [5.74, 6) is 0.248. The van der Waals surface area contributed by atoms with Crippen LogP contribution in [0.3, 0.4) is 0 Å². The van der Waals surface area contributed by atoms with Crippen molar-refractivity contribution < 1.29 is 4.39 Å². The van der Waals surface area contributed by atoms with Crippen molar-refractivity contribution in [1.82, 2.24) is 25.0 Å². The van der Waals surface area contributed by atoms with E-state index in [0.29, 0.717) is 12.5 Å². The Bertz CT molecular complexity index is 799. The number of fused-ring (bicyclic) bond motifs is 1. The zero-order valence-electron chi connectivity index (χ0n) is 13.1. The molecule has 7 nitrogen and oxygen atoms in total. The van der Waals surface area contributed by atoms with Gasteiger partial charge in [-0.2, -0.15) is 4.98 Å². The molecular weight excluding hydrogens is 297 g/mol. The molecule has 0 aliphatic carbocycles. The van der Waals surface area contributed by atoms with Gasteiger partial charge in [-0.05, 0) is 18.6 Å². The summed E-state index contributed by atoms with van der Waals surface area (Å²) in [5, 5.41) is 11.4. The molecule has 0 aliphatic heterocycles. The Morgan fingerprint density at radius 1 is 1.26 bits per heavy atom. The van der Waals surface area contributed by atoms with Crippen LogP contribution in [0.1, 0.15) is 6.42 Å². The molecule has 3 rings (SSSR count). The van der Waals surface area contributed by atoms with Crippen molar-refractivity contribution in [3.05, 3.63) is 36.3 Å². The summed E-state index contributed by atoms with van der Waals surface area (Å²) >= 11 is 0. The molecule has 1 aromatic carbocycles. The third-order valence-corrected chi connectivity index (χ3v) is 3.40. The van der Waals surface area contributed by atoms with Crippen molar-refractivity contribution in [1.29, 1.82) is 0 Å². The van der Waals surface area contributed by atoms with Crippen LogP contribution in [0, 0.1) is 5.82 Å². The van der Waals surface area contributed by atoms with Crippen molar-refractivity contribution >= 4 is 22.8 Å². The lowest BCUT2D eigenvalue weighted by molar-refractivity contribution is 0.584. The molecule has 23 heavy (non-hydrogen) atoms. The molecule has 2 heterocycles. The van der Waals surface area contributed by atoms with Gasteiger partial charge in [-0.25, -0.2) is 14.1 Å².